The van der Waals surface area contributed by atoms with E-state index in [1.54, 1.807) is 0 Å². The SMILES string of the molecule is CCC(C1CC1)N1CCC(C)(C(=O)O)CC1. The molecule has 3 nitrogen and oxygen atoms in total. The second-order valence-electron chi connectivity index (χ2n) is 5.71. The molecule has 0 bridgehead atoms. The fourth-order valence-electron chi connectivity index (χ4n) is 2.93. The van der Waals surface area contributed by atoms with Gasteiger partial charge in [-0.2, -0.15) is 0 Å². The summed E-state index contributed by atoms with van der Waals surface area (Å²) in [6.07, 6.45) is 5.60. The lowest BCUT2D eigenvalue weighted by molar-refractivity contribution is -0.151. The molecule has 0 spiro atoms. The molecule has 92 valence electrons. The number of rotatable bonds is 4. The van der Waals surface area contributed by atoms with Gasteiger partial charge in [0.1, 0.15) is 0 Å². The molecule has 16 heavy (non-hydrogen) atoms. The minimum Gasteiger partial charge on any atom is -0.481 e. The Morgan fingerprint density at radius 1 is 1.44 bits per heavy atom. The lowest BCUT2D eigenvalue weighted by Gasteiger charge is -2.40. The van der Waals surface area contributed by atoms with E-state index in [9.17, 15) is 9.90 Å². The third-order valence-electron chi connectivity index (χ3n) is 4.47. The van der Waals surface area contributed by atoms with Gasteiger partial charge in [-0.05, 0) is 58.0 Å². The summed E-state index contributed by atoms with van der Waals surface area (Å²) in [6.45, 7) is 6.09. The highest BCUT2D eigenvalue weighted by Crippen LogP contribution is 2.40. The first kappa shape index (κ1) is 11.9. The number of piperidine rings is 1. The van der Waals surface area contributed by atoms with Crippen LogP contribution < -0.4 is 0 Å². The third-order valence-corrected chi connectivity index (χ3v) is 4.47. The summed E-state index contributed by atoms with van der Waals surface area (Å²) in [5.41, 5.74) is -0.474. The van der Waals surface area contributed by atoms with E-state index in [4.69, 9.17) is 0 Å². The van der Waals surface area contributed by atoms with Gasteiger partial charge in [0.15, 0.2) is 0 Å². The van der Waals surface area contributed by atoms with Crippen molar-refractivity contribution < 1.29 is 9.90 Å². The van der Waals surface area contributed by atoms with Crippen LogP contribution in [0.15, 0.2) is 0 Å². The summed E-state index contributed by atoms with van der Waals surface area (Å²) in [5, 5.41) is 9.18. The van der Waals surface area contributed by atoms with Gasteiger partial charge in [0, 0.05) is 6.04 Å². The van der Waals surface area contributed by atoms with Crippen molar-refractivity contribution in [1.82, 2.24) is 4.90 Å². The second-order valence-corrected chi connectivity index (χ2v) is 5.71. The van der Waals surface area contributed by atoms with Crippen molar-refractivity contribution >= 4 is 5.97 Å². The molecule has 0 aromatic rings. The second kappa shape index (κ2) is 4.36. The van der Waals surface area contributed by atoms with Gasteiger partial charge >= 0.3 is 5.97 Å². The molecule has 0 aromatic heterocycles. The maximum atomic E-state index is 11.1. The monoisotopic (exact) mass is 225 g/mol. The predicted molar refractivity (Wildman–Crippen MR) is 63.4 cm³/mol. The van der Waals surface area contributed by atoms with E-state index in [0.717, 1.165) is 37.9 Å². The van der Waals surface area contributed by atoms with Gasteiger partial charge in [0.25, 0.3) is 0 Å². The fraction of sp³-hybridized carbons (Fsp3) is 0.923. The number of aliphatic carboxylic acids is 1. The van der Waals surface area contributed by atoms with E-state index in [-0.39, 0.29) is 0 Å². The first-order chi connectivity index (χ1) is 7.57. The zero-order valence-corrected chi connectivity index (χ0v) is 10.4. The van der Waals surface area contributed by atoms with Crippen LogP contribution in [0.1, 0.15) is 46.0 Å². The van der Waals surface area contributed by atoms with E-state index < -0.39 is 11.4 Å². The first-order valence-electron chi connectivity index (χ1n) is 6.54. The highest BCUT2D eigenvalue weighted by molar-refractivity contribution is 5.74. The van der Waals surface area contributed by atoms with Crippen LogP contribution in [-0.4, -0.2) is 35.1 Å². The van der Waals surface area contributed by atoms with E-state index in [1.165, 1.54) is 19.3 Å². The Balaban J connectivity index is 1.91. The number of hydrogen-bond donors (Lipinski definition) is 1. The average molecular weight is 225 g/mol. The lowest BCUT2D eigenvalue weighted by atomic mass is 9.80. The molecule has 1 saturated carbocycles. The molecule has 1 unspecified atom stereocenters. The van der Waals surface area contributed by atoms with Crippen molar-refractivity contribution in [2.45, 2.75) is 52.0 Å². The molecule has 1 aliphatic heterocycles. The summed E-state index contributed by atoms with van der Waals surface area (Å²) in [4.78, 5) is 13.7. The van der Waals surface area contributed by atoms with Crippen LogP contribution in [0.3, 0.4) is 0 Å². The first-order valence-corrected chi connectivity index (χ1v) is 6.54. The number of carboxylic acids is 1. The molecule has 2 aliphatic rings. The summed E-state index contributed by atoms with van der Waals surface area (Å²) in [6, 6.07) is 0.721. The molecule has 0 radical (unpaired) electrons. The Labute approximate surface area is 97.8 Å². The zero-order valence-electron chi connectivity index (χ0n) is 10.4. The minimum absolute atomic E-state index is 0.474. The topological polar surface area (TPSA) is 40.5 Å². The minimum atomic E-state index is -0.619. The summed E-state index contributed by atoms with van der Waals surface area (Å²) >= 11 is 0. The van der Waals surface area contributed by atoms with Gasteiger partial charge in [0.05, 0.1) is 5.41 Å². The highest BCUT2D eigenvalue weighted by atomic mass is 16.4. The Hall–Kier alpha value is -0.570. The molecule has 0 amide bonds. The van der Waals surface area contributed by atoms with E-state index in [0.29, 0.717) is 0 Å². The smallest absolute Gasteiger partial charge is 0.309 e. The van der Waals surface area contributed by atoms with Crippen molar-refractivity contribution in [3.63, 3.8) is 0 Å². The van der Waals surface area contributed by atoms with Crippen LogP contribution in [0.4, 0.5) is 0 Å². The number of likely N-dealkylation sites (tertiary alicyclic amines) is 1. The maximum absolute atomic E-state index is 11.1. The van der Waals surface area contributed by atoms with Gasteiger partial charge < -0.3 is 10.0 Å². The Kier molecular flexibility index (Phi) is 3.24. The summed E-state index contributed by atoms with van der Waals surface area (Å²) in [5.74, 6) is 0.283. The fourth-order valence-corrected chi connectivity index (χ4v) is 2.93. The van der Waals surface area contributed by atoms with Gasteiger partial charge in [0.2, 0.25) is 0 Å². The molecule has 1 heterocycles. The molecule has 1 saturated heterocycles. The Morgan fingerprint density at radius 3 is 2.38 bits per heavy atom. The molecular formula is C13H23NO2. The van der Waals surface area contributed by atoms with E-state index >= 15 is 0 Å². The molecule has 0 aromatic carbocycles. The van der Waals surface area contributed by atoms with Gasteiger partial charge in [-0.1, -0.05) is 6.92 Å². The molecular weight excluding hydrogens is 202 g/mol. The maximum Gasteiger partial charge on any atom is 0.309 e. The lowest BCUT2D eigenvalue weighted by Crippen LogP contribution is -2.47. The van der Waals surface area contributed by atoms with Crippen molar-refractivity contribution in [2.75, 3.05) is 13.1 Å². The molecule has 1 atom stereocenters. The molecule has 1 N–H and O–H groups in total. The summed E-state index contributed by atoms with van der Waals surface area (Å²) in [7, 11) is 0. The van der Waals surface area contributed by atoms with Crippen molar-refractivity contribution in [3.05, 3.63) is 0 Å². The van der Waals surface area contributed by atoms with Crippen LogP contribution in [0.2, 0.25) is 0 Å². The van der Waals surface area contributed by atoms with Gasteiger partial charge in [-0.25, -0.2) is 0 Å². The van der Waals surface area contributed by atoms with Crippen LogP contribution >= 0.6 is 0 Å². The molecule has 2 fully saturated rings. The highest BCUT2D eigenvalue weighted by Gasteiger charge is 2.41. The van der Waals surface area contributed by atoms with Crippen molar-refractivity contribution in [3.8, 4) is 0 Å². The van der Waals surface area contributed by atoms with E-state index in [1.807, 2.05) is 6.92 Å². The number of hydrogen-bond acceptors (Lipinski definition) is 2. The molecule has 1 aliphatic carbocycles. The standard InChI is InChI=1S/C13H23NO2/c1-3-11(10-4-5-10)14-8-6-13(2,7-9-14)12(15)16/h10-11H,3-9H2,1-2H3,(H,15,16). The van der Waals surface area contributed by atoms with Crippen molar-refractivity contribution in [2.24, 2.45) is 11.3 Å². The van der Waals surface area contributed by atoms with Crippen LogP contribution in [-0.2, 0) is 4.79 Å². The average Bonchev–Trinajstić information content (AvgIpc) is 3.06. The largest absolute Gasteiger partial charge is 0.481 e. The van der Waals surface area contributed by atoms with Gasteiger partial charge in [-0.15, -0.1) is 0 Å². The Bertz CT molecular complexity index is 265. The zero-order chi connectivity index (χ0) is 11.8. The van der Waals surface area contributed by atoms with Crippen LogP contribution in [0.25, 0.3) is 0 Å². The normalized spacial score (nSPS) is 27.6. The molecule has 3 heteroatoms. The third kappa shape index (κ3) is 2.24. The van der Waals surface area contributed by atoms with Crippen LogP contribution in [0, 0.1) is 11.3 Å². The predicted octanol–water partition coefficient (Wildman–Crippen LogP) is 2.36. The van der Waals surface area contributed by atoms with E-state index in [2.05, 4.69) is 11.8 Å². The quantitative estimate of drug-likeness (QED) is 0.798. The van der Waals surface area contributed by atoms with Gasteiger partial charge in [-0.3, -0.25) is 4.79 Å². The van der Waals surface area contributed by atoms with Crippen molar-refractivity contribution in [1.29, 1.82) is 0 Å². The number of carboxylic acid groups (broad SMARTS) is 1. The Morgan fingerprint density at radius 2 is 2.00 bits per heavy atom. The molecule has 2 rings (SSSR count). The number of carbonyl (C=O) groups is 1. The number of nitrogens with zero attached hydrogens (tertiary/aromatic N) is 1. The summed E-state index contributed by atoms with van der Waals surface area (Å²) < 4.78 is 0. The van der Waals surface area contributed by atoms with Crippen LogP contribution in [0.5, 0.6) is 0 Å².